The summed E-state index contributed by atoms with van der Waals surface area (Å²) in [6, 6.07) is 13.0. The highest BCUT2D eigenvalue weighted by atomic mass is 16.5. The molecule has 4 heterocycles. The Balaban J connectivity index is 1.12. The number of anilines is 1. The van der Waals surface area contributed by atoms with Crippen molar-refractivity contribution >= 4 is 17.1 Å². The van der Waals surface area contributed by atoms with Gasteiger partial charge < -0.3 is 25.0 Å². The summed E-state index contributed by atoms with van der Waals surface area (Å²) in [4.78, 5) is 25.7. The van der Waals surface area contributed by atoms with Crippen LogP contribution in [0.15, 0.2) is 52.4 Å². The van der Waals surface area contributed by atoms with Gasteiger partial charge in [0.2, 0.25) is 0 Å². The summed E-state index contributed by atoms with van der Waals surface area (Å²) in [5.74, 6) is 0.765. The second-order valence-electron chi connectivity index (χ2n) is 11.6. The number of pyridine rings is 1. The zero-order valence-corrected chi connectivity index (χ0v) is 23.7. The van der Waals surface area contributed by atoms with E-state index < -0.39 is 6.10 Å². The normalized spacial score (nSPS) is 18.4. The van der Waals surface area contributed by atoms with Gasteiger partial charge in [0.1, 0.15) is 18.5 Å². The van der Waals surface area contributed by atoms with Crippen molar-refractivity contribution in [2.45, 2.75) is 58.3 Å². The van der Waals surface area contributed by atoms with E-state index in [2.05, 4.69) is 45.3 Å². The zero-order valence-electron chi connectivity index (χ0n) is 23.7. The van der Waals surface area contributed by atoms with Gasteiger partial charge in [-0.25, -0.2) is 0 Å². The second-order valence-corrected chi connectivity index (χ2v) is 11.6. The summed E-state index contributed by atoms with van der Waals surface area (Å²) in [7, 11) is 2.21. The standard InChI is InChI=1S/C32H39N5O3/c1-20-4-5-30(21(2)12-20)40-19-26(38)16-34-27-6-9-33-32(39)31(27)29-14-22-13-23-17-37(18-24(23)15-28(22)35-29)25-7-10-36(3)11-8-25/h4-6,9,12-13,15,25-26,38H,7-8,10-11,14,16-19H2,1-3H3,(H2,33,34,39). The largest absolute Gasteiger partial charge is 0.491 e. The third-order valence-corrected chi connectivity index (χ3v) is 8.50. The van der Waals surface area contributed by atoms with Crippen LogP contribution in [0.25, 0.3) is 0 Å². The van der Waals surface area contributed by atoms with Gasteiger partial charge in [0.25, 0.3) is 5.56 Å². The zero-order chi connectivity index (χ0) is 27.8. The molecule has 3 aliphatic heterocycles. The van der Waals surface area contributed by atoms with Gasteiger partial charge in [-0.15, -0.1) is 0 Å². The van der Waals surface area contributed by atoms with Crippen LogP contribution in [0.2, 0.25) is 0 Å². The van der Waals surface area contributed by atoms with Gasteiger partial charge in [-0.1, -0.05) is 23.8 Å². The van der Waals surface area contributed by atoms with Crippen LogP contribution in [0.3, 0.4) is 0 Å². The Morgan fingerprint density at radius 3 is 2.65 bits per heavy atom. The summed E-state index contributed by atoms with van der Waals surface area (Å²) in [5, 5.41) is 13.9. The lowest BCUT2D eigenvalue weighted by atomic mass is 10.0. The van der Waals surface area contributed by atoms with Crippen LogP contribution in [0.4, 0.5) is 11.4 Å². The minimum absolute atomic E-state index is 0.155. The lowest BCUT2D eigenvalue weighted by Gasteiger charge is -2.34. The average molecular weight is 542 g/mol. The van der Waals surface area contributed by atoms with Crippen LogP contribution in [0.5, 0.6) is 5.75 Å². The predicted octanol–water partition coefficient (Wildman–Crippen LogP) is 3.93. The molecule has 0 bridgehead atoms. The van der Waals surface area contributed by atoms with E-state index in [0.717, 1.165) is 35.8 Å². The molecule has 1 saturated heterocycles. The van der Waals surface area contributed by atoms with Crippen LogP contribution in [0.1, 0.15) is 46.2 Å². The lowest BCUT2D eigenvalue weighted by Crippen LogP contribution is -2.41. The predicted molar refractivity (Wildman–Crippen MR) is 159 cm³/mol. The summed E-state index contributed by atoms with van der Waals surface area (Å²) in [5.41, 5.74) is 8.88. The summed E-state index contributed by atoms with van der Waals surface area (Å²) < 4.78 is 5.84. The smallest absolute Gasteiger partial charge is 0.259 e. The Hall–Kier alpha value is -3.46. The first-order chi connectivity index (χ1) is 19.3. The topological polar surface area (TPSA) is 93.2 Å². The molecule has 2 aromatic carbocycles. The molecule has 6 rings (SSSR count). The van der Waals surface area contributed by atoms with E-state index in [-0.39, 0.29) is 18.7 Å². The van der Waals surface area contributed by atoms with Crippen molar-refractivity contribution < 1.29 is 9.84 Å². The van der Waals surface area contributed by atoms with Crippen molar-refractivity contribution in [2.75, 3.05) is 38.6 Å². The van der Waals surface area contributed by atoms with E-state index in [1.807, 2.05) is 32.0 Å². The van der Waals surface area contributed by atoms with E-state index >= 15 is 0 Å². The molecule has 0 spiro atoms. The SMILES string of the molecule is Cc1ccc(OCC(O)CNc2cc[nH]c(=O)c2C2=Nc3cc4c(cc3C2)CN(C2CCN(C)CC2)C4)c(C)c1. The first-order valence-corrected chi connectivity index (χ1v) is 14.3. The maximum absolute atomic E-state index is 13.0. The molecular formula is C32H39N5O3. The number of fused-ring (bicyclic) bond motifs is 2. The first-order valence-electron chi connectivity index (χ1n) is 14.3. The third kappa shape index (κ3) is 5.57. The van der Waals surface area contributed by atoms with E-state index in [4.69, 9.17) is 9.73 Å². The molecule has 1 unspecified atom stereocenters. The summed E-state index contributed by atoms with van der Waals surface area (Å²) >= 11 is 0. The number of ether oxygens (including phenoxy) is 1. The molecule has 1 fully saturated rings. The Labute approximate surface area is 235 Å². The molecule has 8 nitrogen and oxygen atoms in total. The Bertz CT molecular complexity index is 1490. The molecule has 3 aromatic rings. The lowest BCUT2D eigenvalue weighted by molar-refractivity contribution is 0.117. The molecule has 8 heteroatoms. The molecule has 1 aromatic heterocycles. The molecule has 3 aliphatic rings. The van der Waals surface area contributed by atoms with Crippen LogP contribution in [0, 0.1) is 13.8 Å². The highest BCUT2D eigenvalue weighted by Gasteiger charge is 2.30. The Morgan fingerprint density at radius 1 is 1.10 bits per heavy atom. The molecule has 0 aliphatic carbocycles. The number of aliphatic hydroxyl groups excluding tert-OH is 1. The van der Waals surface area contributed by atoms with Crippen molar-refractivity contribution in [1.82, 2.24) is 14.8 Å². The van der Waals surface area contributed by atoms with Crippen molar-refractivity contribution in [1.29, 1.82) is 0 Å². The average Bonchev–Trinajstić information content (AvgIpc) is 3.53. The number of H-pyrrole nitrogens is 1. The van der Waals surface area contributed by atoms with Crippen molar-refractivity contribution in [3.05, 3.63) is 86.3 Å². The molecule has 0 amide bonds. The number of aromatic amines is 1. The minimum Gasteiger partial charge on any atom is -0.491 e. The number of aliphatic hydroxyl groups is 1. The number of piperidine rings is 1. The highest BCUT2D eigenvalue weighted by Crippen LogP contribution is 2.37. The molecule has 1 atom stereocenters. The number of aliphatic imine (C=N–C) groups is 1. The molecule has 0 saturated carbocycles. The number of nitrogens with one attached hydrogen (secondary N) is 2. The van der Waals surface area contributed by atoms with Crippen LogP contribution in [-0.4, -0.2) is 71.0 Å². The van der Waals surface area contributed by atoms with Gasteiger partial charge in [0, 0.05) is 38.3 Å². The van der Waals surface area contributed by atoms with E-state index in [9.17, 15) is 9.90 Å². The number of hydrogen-bond acceptors (Lipinski definition) is 7. The number of likely N-dealkylation sites (tertiary alicyclic amines) is 1. The van der Waals surface area contributed by atoms with E-state index in [0.29, 0.717) is 23.7 Å². The van der Waals surface area contributed by atoms with Crippen LogP contribution in [-0.2, 0) is 19.5 Å². The number of hydrogen-bond donors (Lipinski definition) is 3. The van der Waals surface area contributed by atoms with Crippen LogP contribution >= 0.6 is 0 Å². The second kappa shape index (κ2) is 11.2. The van der Waals surface area contributed by atoms with Crippen molar-refractivity contribution in [2.24, 2.45) is 4.99 Å². The Kier molecular flexibility index (Phi) is 7.49. The van der Waals surface area contributed by atoms with E-state index in [1.54, 1.807) is 6.20 Å². The third-order valence-electron chi connectivity index (χ3n) is 8.50. The minimum atomic E-state index is -0.744. The first kappa shape index (κ1) is 26.7. The number of rotatable bonds is 8. The maximum atomic E-state index is 13.0. The van der Waals surface area contributed by atoms with Gasteiger partial charge >= 0.3 is 0 Å². The molecule has 0 radical (unpaired) electrons. The summed E-state index contributed by atoms with van der Waals surface area (Å²) in [6.45, 7) is 8.75. The fourth-order valence-electron chi connectivity index (χ4n) is 6.24. The number of nitrogens with zero attached hydrogens (tertiary/aromatic N) is 3. The molecule has 3 N–H and O–H groups in total. The van der Waals surface area contributed by atoms with Gasteiger partial charge in [0.05, 0.1) is 22.6 Å². The number of benzene rings is 2. The Morgan fingerprint density at radius 2 is 1.88 bits per heavy atom. The van der Waals surface area contributed by atoms with Gasteiger partial charge in [0.15, 0.2) is 0 Å². The van der Waals surface area contributed by atoms with Crippen LogP contribution < -0.4 is 15.6 Å². The quantitative estimate of drug-likeness (QED) is 0.400. The van der Waals surface area contributed by atoms with Gasteiger partial charge in [-0.05, 0) is 87.3 Å². The fraction of sp³-hybridized carbons (Fsp3) is 0.438. The fourth-order valence-corrected chi connectivity index (χ4v) is 6.24. The molecule has 40 heavy (non-hydrogen) atoms. The van der Waals surface area contributed by atoms with Gasteiger partial charge in [-0.3, -0.25) is 14.7 Å². The molecule has 210 valence electrons. The number of aryl methyl sites for hydroxylation is 2. The number of aromatic nitrogens is 1. The highest BCUT2D eigenvalue weighted by molar-refractivity contribution is 6.09. The molecular weight excluding hydrogens is 502 g/mol. The maximum Gasteiger partial charge on any atom is 0.259 e. The monoisotopic (exact) mass is 541 g/mol. The van der Waals surface area contributed by atoms with Crippen molar-refractivity contribution in [3.8, 4) is 5.75 Å². The van der Waals surface area contributed by atoms with E-state index in [1.165, 1.54) is 48.2 Å². The van der Waals surface area contributed by atoms with Crippen molar-refractivity contribution in [3.63, 3.8) is 0 Å². The summed E-state index contributed by atoms with van der Waals surface area (Å²) in [6.07, 6.45) is 3.96. The van der Waals surface area contributed by atoms with Gasteiger partial charge in [-0.2, -0.15) is 0 Å².